The number of halogens is 2. The SMILES string of the molecule is COC(=O)C(N)CCCl.Cl. The van der Waals surface area contributed by atoms with Crippen molar-refractivity contribution in [2.45, 2.75) is 12.5 Å². The average Bonchev–Trinajstić information content (AvgIpc) is 1.87. The van der Waals surface area contributed by atoms with Gasteiger partial charge in [-0.1, -0.05) is 0 Å². The Morgan fingerprint density at radius 2 is 2.30 bits per heavy atom. The van der Waals surface area contributed by atoms with Crippen molar-refractivity contribution in [1.29, 1.82) is 0 Å². The Labute approximate surface area is 71.3 Å². The predicted molar refractivity (Wildman–Crippen MR) is 42.6 cm³/mol. The first-order valence-electron chi connectivity index (χ1n) is 2.61. The number of alkyl halides is 1. The fourth-order valence-electron chi connectivity index (χ4n) is 0.387. The molecule has 0 rings (SSSR count). The number of carbonyl (C=O) groups is 1. The van der Waals surface area contributed by atoms with Gasteiger partial charge in [0.2, 0.25) is 0 Å². The van der Waals surface area contributed by atoms with Gasteiger partial charge < -0.3 is 10.5 Å². The number of nitrogens with two attached hydrogens (primary N) is 1. The van der Waals surface area contributed by atoms with Crippen LogP contribution in [0.15, 0.2) is 0 Å². The van der Waals surface area contributed by atoms with Crippen LogP contribution < -0.4 is 5.73 Å². The normalized spacial score (nSPS) is 11.5. The minimum Gasteiger partial charge on any atom is -0.468 e. The zero-order valence-corrected chi connectivity index (χ0v) is 7.24. The van der Waals surface area contributed by atoms with E-state index in [-0.39, 0.29) is 12.4 Å². The highest BCUT2D eigenvalue weighted by Gasteiger charge is 2.11. The fourth-order valence-corrected chi connectivity index (χ4v) is 0.622. The molecule has 0 aliphatic heterocycles. The third-order valence-corrected chi connectivity index (χ3v) is 1.14. The molecule has 0 spiro atoms. The lowest BCUT2D eigenvalue weighted by molar-refractivity contribution is -0.142. The Bertz CT molecular complexity index is 99.6. The van der Waals surface area contributed by atoms with Gasteiger partial charge in [0.15, 0.2) is 0 Å². The molecule has 0 fully saturated rings. The topological polar surface area (TPSA) is 52.3 Å². The van der Waals surface area contributed by atoms with E-state index in [1.54, 1.807) is 0 Å². The minimum absolute atomic E-state index is 0. The highest BCUT2D eigenvalue weighted by Crippen LogP contribution is 1.92. The van der Waals surface area contributed by atoms with Gasteiger partial charge in [-0.25, -0.2) is 0 Å². The number of esters is 1. The van der Waals surface area contributed by atoms with Crippen molar-refractivity contribution >= 4 is 30.0 Å². The molecule has 62 valence electrons. The number of methoxy groups -OCH3 is 1. The Hall–Kier alpha value is 0.01000. The molecule has 0 aromatic rings. The zero-order valence-electron chi connectivity index (χ0n) is 5.67. The molecule has 0 bridgehead atoms. The van der Waals surface area contributed by atoms with Crippen LogP contribution in [0.4, 0.5) is 0 Å². The molecular formula is C5H11Cl2NO2. The van der Waals surface area contributed by atoms with Gasteiger partial charge in [0.1, 0.15) is 6.04 Å². The molecule has 2 N–H and O–H groups in total. The van der Waals surface area contributed by atoms with E-state index in [4.69, 9.17) is 17.3 Å². The minimum atomic E-state index is -0.563. The monoisotopic (exact) mass is 187 g/mol. The van der Waals surface area contributed by atoms with Crippen molar-refractivity contribution in [3.8, 4) is 0 Å². The van der Waals surface area contributed by atoms with E-state index in [0.29, 0.717) is 12.3 Å². The van der Waals surface area contributed by atoms with Crippen molar-refractivity contribution in [2.75, 3.05) is 13.0 Å². The van der Waals surface area contributed by atoms with Crippen LogP contribution in [0.2, 0.25) is 0 Å². The summed E-state index contributed by atoms with van der Waals surface area (Å²) >= 11 is 5.31. The molecule has 0 saturated carbocycles. The molecule has 0 aromatic carbocycles. The third-order valence-electron chi connectivity index (χ3n) is 0.924. The van der Waals surface area contributed by atoms with E-state index in [0.717, 1.165) is 0 Å². The second-order valence-corrected chi connectivity index (χ2v) is 1.99. The summed E-state index contributed by atoms with van der Waals surface area (Å²) in [5.74, 6) is -0.0216. The van der Waals surface area contributed by atoms with Crippen molar-refractivity contribution in [3.05, 3.63) is 0 Å². The van der Waals surface area contributed by atoms with E-state index in [1.165, 1.54) is 7.11 Å². The summed E-state index contributed by atoms with van der Waals surface area (Å²) in [6.45, 7) is 0. The van der Waals surface area contributed by atoms with Gasteiger partial charge in [0.25, 0.3) is 0 Å². The third kappa shape index (κ3) is 4.85. The molecule has 0 radical (unpaired) electrons. The molecule has 0 aromatic heterocycles. The highest BCUT2D eigenvalue weighted by molar-refractivity contribution is 6.18. The summed E-state index contributed by atoms with van der Waals surface area (Å²) in [5, 5.41) is 0. The van der Waals surface area contributed by atoms with Gasteiger partial charge in [0, 0.05) is 5.88 Å². The zero-order chi connectivity index (χ0) is 7.28. The summed E-state index contributed by atoms with van der Waals surface area (Å²) in [6, 6.07) is -0.563. The second-order valence-electron chi connectivity index (χ2n) is 1.61. The van der Waals surface area contributed by atoms with Gasteiger partial charge in [-0.3, -0.25) is 4.79 Å². The van der Waals surface area contributed by atoms with Crippen LogP contribution in [0.1, 0.15) is 6.42 Å². The summed E-state index contributed by atoms with van der Waals surface area (Å²) < 4.78 is 4.34. The molecule has 3 nitrogen and oxygen atoms in total. The summed E-state index contributed by atoms with van der Waals surface area (Å²) in [4.78, 5) is 10.5. The molecule has 1 atom stereocenters. The van der Waals surface area contributed by atoms with E-state index in [1.807, 2.05) is 0 Å². The molecule has 0 saturated heterocycles. The first-order valence-corrected chi connectivity index (χ1v) is 3.15. The smallest absolute Gasteiger partial charge is 0.322 e. The number of carbonyl (C=O) groups excluding carboxylic acids is 1. The van der Waals surface area contributed by atoms with E-state index in [9.17, 15) is 4.79 Å². The summed E-state index contributed by atoms with van der Waals surface area (Å²) in [7, 11) is 1.30. The van der Waals surface area contributed by atoms with Crippen molar-refractivity contribution in [3.63, 3.8) is 0 Å². The molecule has 5 heteroatoms. The van der Waals surface area contributed by atoms with E-state index < -0.39 is 12.0 Å². The van der Waals surface area contributed by atoms with Crippen molar-refractivity contribution in [2.24, 2.45) is 5.73 Å². The molecule has 0 aliphatic carbocycles. The Kier molecular flexibility index (Phi) is 9.02. The number of ether oxygens (including phenoxy) is 1. The van der Waals surface area contributed by atoms with Crippen LogP contribution >= 0.6 is 24.0 Å². The van der Waals surface area contributed by atoms with Gasteiger partial charge in [0.05, 0.1) is 7.11 Å². The Morgan fingerprint density at radius 3 is 2.60 bits per heavy atom. The van der Waals surface area contributed by atoms with Crippen LogP contribution in [-0.4, -0.2) is 25.0 Å². The van der Waals surface area contributed by atoms with Crippen LogP contribution in [0, 0.1) is 0 Å². The molecule has 1 unspecified atom stereocenters. The Morgan fingerprint density at radius 1 is 1.80 bits per heavy atom. The average molecular weight is 188 g/mol. The second kappa shape index (κ2) is 7.12. The molecule has 0 aliphatic rings. The predicted octanol–water partition coefficient (Wildman–Crippen LogP) is 0.537. The first kappa shape index (κ1) is 12.7. The van der Waals surface area contributed by atoms with Gasteiger partial charge in [-0.05, 0) is 6.42 Å². The maximum atomic E-state index is 10.5. The maximum absolute atomic E-state index is 10.5. The van der Waals surface area contributed by atoms with Crippen LogP contribution in [0.5, 0.6) is 0 Å². The fraction of sp³-hybridized carbons (Fsp3) is 0.800. The summed E-state index contributed by atoms with van der Waals surface area (Å²) in [5.41, 5.74) is 5.28. The van der Waals surface area contributed by atoms with Gasteiger partial charge in [-0.15, -0.1) is 24.0 Å². The molecular weight excluding hydrogens is 177 g/mol. The largest absolute Gasteiger partial charge is 0.468 e. The van der Waals surface area contributed by atoms with Crippen molar-refractivity contribution in [1.82, 2.24) is 0 Å². The first-order chi connectivity index (χ1) is 4.22. The quantitative estimate of drug-likeness (QED) is 0.519. The Balaban J connectivity index is 0. The number of hydrogen-bond acceptors (Lipinski definition) is 3. The number of hydrogen-bond donors (Lipinski definition) is 1. The maximum Gasteiger partial charge on any atom is 0.322 e. The standard InChI is InChI=1S/C5H10ClNO2.ClH/c1-9-5(8)4(7)2-3-6;/h4H,2-3,7H2,1H3;1H. The lowest BCUT2D eigenvalue weighted by Crippen LogP contribution is -2.31. The highest BCUT2D eigenvalue weighted by atomic mass is 35.5. The van der Waals surface area contributed by atoms with Crippen molar-refractivity contribution < 1.29 is 9.53 Å². The lowest BCUT2D eigenvalue weighted by atomic mass is 10.2. The molecule has 10 heavy (non-hydrogen) atoms. The van der Waals surface area contributed by atoms with Gasteiger partial charge >= 0.3 is 5.97 Å². The summed E-state index contributed by atoms with van der Waals surface area (Å²) in [6.07, 6.45) is 0.466. The number of rotatable bonds is 3. The van der Waals surface area contributed by atoms with E-state index >= 15 is 0 Å². The van der Waals surface area contributed by atoms with E-state index in [2.05, 4.69) is 4.74 Å². The van der Waals surface area contributed by atoms with Gasteiger partial charge in [-0.2, -0.15) is 0 Å². The molecule has 0 heterocycles. The van der Waals surface area contributed by atoms with Crippen LogP contribution in [0.25, 0.3) is 0 Å². The van der Waals surface area contributed by atoms with Crippen LogP contribution in [-0.2, 0) is 9.53 Å². The molecule has 0 amide bonds. The van der Waals surface area contributed by atoms with Crippen LogP contribution in [0.3, 0.4) is 0 Å². The lowest BCUT2D eigenvalue weighted by Gasteiger charge is -2.04.